The summed E-state index contributed by atoms with van der Waals surface area (Å²) in [5.41, 5.74) is 5.94. The normalized spacial score (nSPS) is 19.8. The molecule has 0 amide bonds. The molecule has 0 aromatic rings. The number of halogens is 3. The Morgan fingerprint density at radius 3 is 2.43 bits per heavy atom. The molecule has 0 saturated heterocycles. The first-order chi connectivity index (χ1) is 9.61. The summed E-state index contributed by atoms with van der Waals surface area (Å²) in [7, 11) is 0. The van der Waals surface area contributed by atoms with Gasteiger partial charge in [-0.15, -0.1) is 0 Å². The van der Waals surface area contributed by atoms with Crippen LogP contribution >= 0.6 is 0 Å². The molecular formula is C13H14F3NO4. The van der Waals surface area contributed by atoms with Gasteiger partial charge < -0.3 is 10.8 Å². The second kappa shape index (κ2) is 6.66. The molecule has 0 radical (unpaired) electrons. The van der Waals surface area contributed by atoms with E-state index in [4.69, 9.17) is 10.8 Å². The van der Waals surface area contributed by atoms with Gasteiger partial charge >= 0.3 is 12.1 Å². The number of hydrogen-bond acceptors (Lipinski definition) is 4. The number of carboxylic acid groups (broad SMARTS) is 1. The monoisotopic (exact) mass is 305 g/mol. The van der Waals surface area contributed by atoms with Crippen molar-refractivity contribution in [1.29, 1.82) is 0 Å². The Bertz CT molecular complexity index is 508. The molecule has 0 saturated carbocycles. The van der Waals surface area contributed by atoms with Crippen molar-refractivity contribution in [3.63, 3.8) is 0 Å². The predicted molar refractivity (Wildman–Crippen MR) is 66.2 cm³/mol. The number of carbonyl (C=O) groups excluding carboxylic acids is 2. The largest absolute Gasteiger partial charge is 0.480 e. The minimum Gasteiger partial charge on any atom is -0.480 e. The summed E-state index contributed by atoms with van der Waals surface area (Å²) < 4.78 is 36.2. The van der Waals surface area contributed by atoms with Gasteiger partial charge in [0.05, 0.1) is 6.42 Å². The maximum Gasteiger partial charge on any atom is 0.450 e. The first kappa shape index (κ1) is 17.1. The van der Waals surface area contributed by atoms with Crippen molar-refractivity contribution in [3.8, 4) is 0 Å². The van der Waals surface area contributed by atoms with Gasteiger partial charge in [0.25, 0.3) is 0 Å². The van der Waals surface area contributed by atoms with Gasteiger partial charge in [-0.3, -0.25) is 14.4 Å². The lowest BCUT2D eigenvalue weighted by atomic mass is 9.89. The molecule has 0 fully saturated rings. The van der Waals surface area contributed by atoms with Gasteiger partial charge in [-0.05, 0) is 12.8 Å². The number of ketones is 2. The molecule has 21 heavy (non-hydrogen) atoms. The van der Waals surface area contributed by atoms with Gasteiger partial charge in [-0.25, -0.2) is 0 Å². The van der Waals surface area contributed by atoms with E-state index in [2.05, 4.69) is 0 Å². The molecule has 5 nitrogen and oxygen atoms in total. The number of nitrogens with two attached hydrogens (primary N) is 1. The van der Waals surface area contributed by atoms with Crippen LogP contribution in [0.15, 0.2) is 23.8 Å². The van der Waals surface area contributed by atoms with Gasteiger partial charge in [-0.2, -0.15) is 13.2 Å². The molecule has 3 N–H and O–H groups in total. The summed E-state index contributed by atoms with van der Waals surface area (Å²) in [4.78, 5) is 32.9. The number of carbonyl (C=O) groups is 3. The standard InChI is InChI=1S/C13H14F3NO4/c14-13(15,16)11(19)6-10(18)8-3-1-7(2-4-8)5-9(17)12(20)21/h1-3,8-9H,4-6,17H2,(H,20,21). The van der Waals surface area contributed by atoms with Crippen LogP contribution in [0.1, 0.15) is 19.3 Å². The quantitative estimate of drug-likeness (QED) is 0.723. The average Bonchev–Trinajstić information content (AvgIpc) is 2.38. The number of alkyl halides is 3. The topological polar surface area (TPSA) is 97.5 Å². The zero-order valence-electron chi connectivity index (χ0n) is 10.9. The van der Waals surface area contributed by atoms with E-state index in [0.717, 1.165) is 0 Å². The van der Waals surface area contributed by atoms with Crippen LogP contribution in [0.5, 0.6) is 0 Å². The Morgan fingerprint density at radius 1 is 1.38 bits per heavy atom. The second-order valence-electron chi connectivity index (χ2n) is 4.69. The summed E-state index contributed by atoms with van der Waals surface area (Å²) in [6.07, 6.45) is -1.64. The molecule has 8 heteroatoms. The van der Waals surface area contributed by atoms with Crippen molar-refractivity contribution >= 4 is 17.5 Å². The fourth-order valence-electron chi connectivity index (χ4n) is 1.79. The number of carboxylic acids is 1. The fraction of sp³-hybridized carbons (Fsp3) is 0.462. The molecule has 0 heterocycles. The van der Waals surface area contributed by atoms with Gasteiger partial charge in [0.1, 0.15) is 11.8 Å². The highest BCUT2D eigenvalue weighted by molar-refractivity contribution is 6.03. The van der Waals surface area contributed by atoms with Gasteiger partial charge in [-0.1, -0.05) is 23.8 Å². The van der Waals surface area contributed by atoms with Crippen molar-refractivity contribution in [3.05, 3.63) is 23.8 Å². The highest BCUT2D eigenvalue weighted by atomic mass is 19.4. The predicted octanol–water partition coefficient (Wildman–Crippen LogP) is 1.38. The van der Waals surface area contributed by atoms with Gasteiger partial charge in [0.15, 0.2) is 0 Å². The van der Waals surface area contributed by atoms with Gasteiger partial charge in [0.2, 0.25) is 5.78 Å². The highest BCUT2D eigenvalue weighted by Crippen LogP contribution is 2.24. The number of rotatable bonds is 6. The first-order valence-electron chi connectivity index (χ1n) is 6.09. The molecule has 0 aromatic carbocycles. The van der Waals surface area contributed by atoms with Crippen molar-refractivity contribution < 1.29 is 32.7 Å². The molecule has 1 aliphatic carbocycles. The van der Waals surface area contributed by atoms with Crippen LogP contribution in [0.3, 0.4) is 0 Å². The molecule has 1 rings (SSSR count). The summed E-state index contributed by atoms with van der Waals surface area (Å²) >= 11 is 0. The van der Waals surface area contributed by atoms with Crippen LogP contribution in [0.25, 0.3) is 0 Å². The smallest absolute Gasteiger partial charge is 0.450 e. The van der Waals surface area contributed by atoms with Crippen molar-refractivity contribution in [2.24, 2.45) is 11.7 Å². The Kier molecular flexibility index (Phi) is 5.42. The van der Waals surface area contributed by atoms with Crippen molar-refractivity contribution in [1.82, 2.24) is 0 Å². The lowest BCUT2D eigenvalue weighted by Crippen LogP contribution is -2.30. The Hall–Kier alpha value is -1.96. The van der Waals surface area contributed by atoms with E-state index in [1.165, 1.54) is 12.2 Å². The Labute approximate surface area is 118 Å². The molecule has 0 bridgehead atoms. The molecule has 116 valence electrons. The van der Waals surface area contributed by atoms with Crippen LogP contribution < -0.4 is 5.73 Å². The van der Waals surface area contributed by atoms with Crippen molar-refractivity contribution in [2.45, 2.75) is 31.5 Å². The van der Waals surface area contributed by atoms with Crippen LogP contribution in [0.4, 0.5) is 13.2 Å². The zero-order chi connectivity index (χ0) is 16.2. The summed E-state index contributed by atoms with van der Waals surface area (Å²) in [6, 6.07) is -1.08. The highest BCUT2D eigenvalue weighted by Gasteiger charge is 2.39. The molecule has 1 aliphatic rings. The van der Waals surface area contributed by atoms with E-state index >= 15 is 0 Å². The third-order valence-electron chi connectivity index (χ3n) is 3.01. The maximum atomic E-state index is 12.1. The fourth-order valence-corrected chi connectivity index (χ4v) is 1.79. The van der Waals surface area contributed by atoms with E-state index in [0.29, 0.717) is 5.57 Å². The van der Waals surface area contributed by atoms with E-state index in [-0.39, 0.29) is 12.8 Å². The number of Topliss-reactive ketones (excluding diaryl/α,β-unsaturated/α-hetero) is 2. The van der Waals surface area contributed by atoms with E-state index in [1.807, 2.05) is 0 Å². The maximum absolute atomic E-state index is 12.1. The molecular weight excluding hydrogens is 291 g/mol. The minimum absolute atomic E-state index is 0.0637. The Balaban J connectivity index is 2.55. The number of aliphatic carboxylic acids is 1. The summed E-state index contributed by atoms with van der Waals surface area (Å²) in [5, 5.41) is 8.65. The number of allylic oxidation sites excluding steroid dienone is 3. The first-order valence-corrected chi connectivity index (χ1v) is 6.09. The van der Waals surface area contributed by atoms with Crippen LogP contribution in [-0.2, 0) is 14.4 Å². The van der Waals surface area contributed by atoms with E-state index in [9.17, 15) is 27.6 Å². The van der Waals surface area contributed by atoms with Crippen LogP contribution in [0.2, 0.25) is 0 Å². The van der Waals surface area contributed by atoms with E-state index in [1.54, 1.807) is 6.08 Å². The molecule has 0 aliphatic heterocycles. The van der Waals surface area contributed by atoms with Crippen LogP contribution in [-0.4, -0.2) is 34.9 Å². The average molecular weight is 305 g/mol. The lowest BCUT2D eigenvalue weighted by molar-refractivity contribution is -0.172. The summed E-state index contributed by atoms with van der Waals surface area (Å²) in [5.74, 6) is -4.85. The molecule has 0 spiro atoms. The number of hydrogen-bond donors (Lipinski definition) is 2. The Morgan fingerprint density at radius 2 is 2.00 bits per heavy atom. The SMILES string of the molecule is NC(CC1=CCC(C(=O)CC(=O)C(F)(F)F)C=C1)C(=O)O. The molecule has 2 unspecified atom stereocenters. The van der Waals surface area contributed by atoms with Gasteiger partial charge in [0, 0.05) is 5.92 Å². The molecule has 0 aromatic heterocycles. The second-order valence-corrected chi connectivity index (χ2v) is 4.69. The van der Waals surface area contributed by atoms with Crippen LogP contribution in [0, 0.1) is 5.92 Å². The third-order valence-corrected chi connectivity index (χ3v) is 3.01. The minimum atomic E-state index is -5.01. The zero-order valence-corrected chi connectivity index (χ0v) is 10.9. The summed E-state index contributed by atoms with van der Waals surface area (Å²) in [6.45, 7) is 0. The van der Waals surface area contributed by atoms with Crippen molar-refractivity contribution in [2.75, 3.05) is 0 Å². The lowest BCUT2D eigenvalue weighted by Gasteiger charge is -2.16. The molecule has 2 atom stereocenters. The third kappa shape index (κ3) is 5.14. The van der Waals surface area contributed by atoms with E-state index < -0.39 is 42.1 Å².